The van der Waals surface area contributed by atoms with Crippen LogP contribution in [0.3, 0.4) is 0 Å². The molecule has 1 heterocycles. The smallest absolute Gasteiger partial charge is 0.243 e. The van der Waals surface area contributed by atoms with E-state index in [0.29, 0.717) is 10.9 Å². The van der Waals surface area contributed by atoms with Gasteiger partial charge in [0.25, 0.3) is 0 Å². The van der Waals surface area contributed by atoms with Gasteiger partial charge >= 0.3 is 0 Å². The zero-order chi connectivity index (χ0) is 15.4. The average Bonchev–Trinajstić information content (AvgIpc) is 2.91. The van der Waals surface area contributed by atoms with Gasteiger partial charge in [0.2, 0.25) is 5.91 Å². The maximum Gasteiger partial charge on any atom is 0.243 e. The molecule has 0 saturated carbocycles. The Morgan fingerprint density at radius 2 is 1.82 bits per heavy atom. The van der Waals surface area contributed by atoms with Gasteiger partial charge in [-0.25, -0.2) is 0 Å². The Morgan fingerprint density at radius 1 is 1.09 bits per heavy atom. The Kier molecular flexibility index (Phi) is 4.70. The summed E-state index contributed by atoms with van der Waals surface area (Å²) in [6, 6.07) is 17.3. The van der Waals surface area contributed by atoms with Crippen molar-refractivity contribution in [3.8, 4) is 0 Å². The Labute approximate surface area is 141 Å². The van der Waals surface area contributed by atoms with Crippen molar-refractivity contribution in [2.75, 3.05) is 10.7 Å². The van der Waals surface area contributed by atoms with E-state index in [1.807, 2.05) is 54.6 Å². The lowest BCUT2D eigenvalue weighted by atomic mass is 10.2. The third-order valence-corrected chi connectivity index (χ3v) is 4.44. The van der Waals surface area contributed by atoms with Gasteiger partial charge < -0.3 is 0 Å². The number of nitrogens with zero attached hydrogens (tertiary/aromatic N) is 3. The number of para-hydroxylation sites is 1. The second kappa shape index (κ2) is 6.89. The zero-order valence-electron chi connectivity index (χ0n) is 11.5. The van der Waals surface area contributed by atoms with Gasteiger partial charge in [0.05, 0.1) is 17.7 Å². The first-order valence-corrected chi connectivity index (χ1v) is 8.39. The molecule has 22 heavy (non-hydrogen) atoms. The SMILES string of the molecule is O=C1CS/C(=N/N=C/c2ccc(Br)cc2)N1c1ccccc1. The molecule has 0 aliphatic carbocycles. The van der Waals surface area contributed by atoms with E-state index in [9.17, 15) is 4.79 Å². The minimum atomic E-state index is 0.0220. The van der Waals surface area contributed by atoms with E-state index in [1.54, 1.807) is 11.1 Å². The summed E-state index contributed by atoms with van der Waals surface area (Å²) in [5.74, 6) is 0.412. The van der Waals surface area contributed by atoms with Crippen molar-refractivity contribution in [1.82, 2.24) is 0 Å². The predicted octanol–water partition coefficient (Wildman–Crippen LogP) is 3.92. The molecule has 1 fully saturated rings. The molecule has 0 bridgehead atoms. The number of thioether (sulfide) groups is 1. The van der Waals surface area contributed by atoms with Crippen molar-refractivity contribution >= 4 is 50.7 Å². The second-order valence-electron chi connectivity index (χ2n) is 4.53. The zero-order valence-corrected chi connectivity index (χ0v) is 13.9. The van der Waals surface area contributed by atoms with Crippen molar-refractivity contribution < 1.29 is 4.79 Å². The lowest BCUT2D eigenvalue weighted by Crippen LogP contribution is -2.28. The van der Waals surface area contributed by atoms with E-state index < -0.39 is 0 Å². The van der Waals surface area contributed by atoms with Crippen LogP contribution in [0.1, 0.15) is 5.56 Å². The van der Waals surface area contributed by atoms with Crippen molar-refractivity contribution in [3.63, 3.8) is 0 Å². The molecule has 1 aliphatic rings. The molecule has 0 aromatic heterocycles. The third kappa shape index (κ3) is 3.45. The van der Waals surface area contributed by atoms with Gasteiger partial charge in [0, 0.05) is 4.47 Å². The summed E-state index contributed by atoms with van der Waals surface area (Å²) in [6.07, 6.45) is 1.67. The molecule has 0 unspecified atom stereocenters. The van der Waals surface area contributed by atoms with Crippen LogP contribution in [0.4, 0.5) is 5.69 Å². The number of carbonyl (C=O) groups excluding carboxylic acids is 1. The molecule has 3 rings (SSSR count). The van der Waals surface area contributed by atoms with Crippen molar-refractivity contribution in [2.24, 2.45) is 10.2 Å². The monoisotopic (exact) mass is 373 g/mol. The minimum Gasteiger partial charge on any atom is -0.273 e. The maximum absolute atomic E-state index is 12.0. The van der Waals surface area contributed by atoms with E-state index in [-0.39, 0.29) is 5.91 Å². The molecule has 0 radical (unpaired) electrons. The Bertz CT molecular complexity index is 729. The fraction of sp³-hybridized carbons (Fsp3) is 0.0625. The number of amides is 1. The van der Waals surface area contributed by atoms with Gasteiger partial charge in [-0.05, 0) is 29.8 Å². The molecular weight excluding hydrogens is 362 g/mol. The normalized spacial score (nSPS) is 16.9. The van der Waals surface area contributed by atoms with Gasteiger partial charge in [0.15, 0.2) is 5.17 Å². The maximum atomic E-state index is 12.0. The summed E-state index contributed by atoms with van der Waals surface area (Å²) < 4.78 is 1.02. The van der Waals surface area contributed by atoms with E-state index in [1.165, 1.54) is 11.8 Å². The summed E-state index contributed by atoms with van der Waals surface area (Å²) in [6.45, 7) is 0. The highest BCUT2D eigenvalue weighted by Crippen LogP contribution is 2.26. The average molecular weight is 374 g/mol. The number of amidine groups is 1. The molecule has 0 spiro atoms. The standard InChI is InChI=1S/C16H12BrN3OS/c17-13-8-6-12(7-9-13)10-18-19-16-20(15(21)11-22-16)14-4-2-1-3-5-14/h1-10H,11H2/b18-10+,19-16+. The van der Waals surface area contributed by atoms with E-state index in [4.69, 9.17) is 0 Å². The fourth-order valence-corrected chi connectivity index (χ4v) is 3.05. The van der Waals surface area contributed by atoms with Crippen LogP contribution in [0, 0.1) is 0 Å². The van der Waals surface area contributed by atoms with Gasteiger partial charge in [-0.15, -0.1) is 5.10 Å². The largest absolute Gasteiger partial charge is 0.273 e. The van der Waals surface area contributed by atoms with Crippen LogP contribution in [-0.2, 0) is 4.79 Å². The molecular formula is C16H12BrN3OS. The minimum absolute atomic E-state index is 0.0220. The van der Waals surface area contributed by atoms with Gasteiger partial charge in [-0.1, -0.05) is 58.0 Å². The summed E-state index contributed by atoms with van der Waals surface area (Å²) in [7, 11) is 0. The molecule has 1 saturated heterocycles. The van der Waals surface area contributed by atoms with Crippen LogP contribution in [0.25, 0.3) is 0 Å². The van der Waals surface area contributed by atoms with E-state index >= 15 is 0 Å². The van der Waals surface area contributed by atoms with Crippen LogP contribution in [0.15, 0.2) is 69.3 Å². The first kappa shape index (κ1) is 15.0. The highest BCUT2D eigenvalue weighted by Gasteiger charge is 2.29. The van der Waals surface area contributed by atoms with Gasteiger partial charge in [0.1, 0.15) is 0 Å². The molecule has 4 nitrogen and oxygen atoms in total. The first-order valence-electron chi connectivity index (χ1n) is 6.61. The highest BCUT2D eigenvalue weighted by atomic mass is 79.9. The molecule has 1 aliphatic heterocycles. The molecule has 110 valence electrons. The number of rotatable bonds is 3. The van der Waals surface area contributed by atoms with Crippen molar-refractivity contribution in [2.45, 2.75) is 0 Å². The number of halogens is 1. The second-order valence-corrected chi connectivity index (χ2v) is 6.39. The van der Waals surface area contributed by atoms with E-state index in [2.05, 4.69) is 26.1 Å². The summed E-state index contributed by atoms with van der Waals surface area (Å²) in [5, 5.41) is 8.89. The number of benzene rings is 2. The Balaban J connectivity index is 1.80. The number of hydrogen-bond donors (Lipinski definition) is 0. The lowest BCUT2D eigenvalue weighted by molar-refractivity contribution is -0.115. The van der Waals surface area contributed by atoms with Crippen LogP contribution in [0.5, 0.6) is 0 Å². The Hall–Kier alpha value is -1.92. The van der Waals surface area contributed by atoms with Crippen LogP contribution in [-0.4, -0.2) is 23.0 Å². The number of carbonyl (C=O) groups is 1. The number of anilines is 1. The molecule has 2 aromatic rings. The van der Waals surface area contributed by atoms with Gasteiger partial charge in [-0.3, -0.25) is 9.69 Å². The van der Waals surface area contributed by atoms with Gasteiger partial charge in [-0.2, -0.15) is 5.10 Å². The fourth-order valence-electron chi connectivity index (χ4n) is 1.96. The Morgan fingerprint density at radius 3 is 2.55 bits per heavy atom. The van der Waals surface area contributed by atoms with Crippen LogP contribution in [0.2, 0.25) is 0 Å². The number of hydrogen-bond acceptors (Lipinski definition) is 4. The lowest BCUT2D eigenvalue weighted by Gasteiger charge is -2.14. The molecule has 0 N–H and O–H groups in total. The molecule has 2 aromatic carbocycles. The topological polar surface area (TPSA) is 45.0 Å². The summed E-state index contributed by atoms with van der Waals surface area (Å²) in [4.78, 5) is 13.6. The first-order chi connectivity index (χ1) is 10.7. The van der Waals surface area contributed by atoms with E-state index in [0.717, 1.165) is 15.7 Å². The highest BCUT2D eigenvalue weighted by molar-refractivity contribution is 9.10. The molecule has 6 heteroatoms. The van der Waals surface area contributed by atoms with Crippen molar-refractivity contribution in [3.05, 3.63) is 64.6 Å². The van der Waals surface area contributed by atoms with Crippen LogP contribution >= 0.6 is 27.7 Å². The van der Waals surface area contributed by atoms with Crippen LogP contribution < -0.4 is 4.90 Å². The predicted molar refractivity (Wildman–Crippen MR) is 95.6 cm³/mol. The van der Waals surface area contributed by atoms with Crippen molar-refractivity contribution in [1.29, 1.82) is 0 Å². The molecule has 1 amide bonds. The summed E-state index contributed by atoms with van der Waals surface area (Å²) >= 11 is 4.78. The summed E-state index contributed by atoms with van der Waals surface area (Å²) in [5.41, 5.74) is 1.77. The quantitative estimate of drug-likeness (QED) is 0.604. The third-order valence-electron chi connectivity index (χ3n) is 3.00. The molecule has 0 atom stereocenters.